The highest BCUT2D eigenvalue weighted by atomic mass is 16.3. The Bertz CT molecular complexity index is 281. The number of rotatable bonds is 5. The Morgan fingerprint density at radius 3 is 2.33 bits per heavy atom. The number of aryl methyl sites for hydroxylation is 1. The molecule has 0 fully saturated rings. The van der Waals surface area contributed by atoms with E-state index in [0.717, 1.165) is 6.42 Å². The lowest BCUT2D eigenvalue weighted by molar-refractivity contribution is 0.264. The smallest absolute Gasteiger partial charge is 0.0445 e. The molecule has 0 aliphatic heterocycles. The first-order chi connectivity index (χ1) is 7.13. The van der Waals surface area contributed by atoms with Crippen LogP contribution in [0.25, 0.3) is 0 Å². The summed E-state index contributed by atoms with van der Waals surface area (Å²) in [6.07, 6.45) is 0.802. The summed E-state index contributed by atoms with van der Waals surface area (Å²) in [5.74, 6) is 0. The molecule has 0 aliphatic rings. The second-order valence-corrected chi connectivity index (χ2v) is 4.21. The number of aliphatic hydroxyl groups is 1. The highest BCUT2D eigenvalue weighted by molar-refractivity contribution is 5.23. The van der Waals surface area contributed by atoms with Crippen LogP contribution in [0.4, 0.5) is 0 Å². The highest BCUT2D eigenvalue weighted by Gasteiger charge is 2.08. The van der Waals surface area contributed by atoms with Gasteiger partial charge in [-0.05, 0) is 32.8 Å². The second kappa shape index (κ2) is 5.89. The van der Waals surface area contributed by atoms with Crippen molar-refractivity contribution in [3.63, 3.8) is 0 Å². The number of nitrogens with one attached hydrogen (secondary N) is 1. The predicted octanol–water partition coefficient (Wildman–Crippen LogP) is 2.42. The van der Waals surface area contributed by atoms with Gasteiger partial charge in [-0.2, -0.15) is 0 Å². The van der Waals surface area contributed by atoms with Crippen molar-refractivity contribution >= 4 is 0 Å². The molecule has 0 saturated heterocycles. The van der Waals surface area contributed by atoms with E-state index in [4.69, 9.17) is 5.11 Å². The lowest BCUT2D eigenvalue weighted by Gasteiger charge is -2.19. The van der Waals surface area contributed by atoms with E-state index in [1.807, 2.05) is 0 Å². The van der Waals surface area contributed by atoms with Gasteiger partial charge < -0.3 is 10.4 Å². The van der Waals surface area contributed by atoms with Gasteiger partial charge in [0.05, 0.1) is 0 Å². The molecule has 2 atom stereocenters. The number of benzene rings is 1. The molecule has 0 aliphatic carbocycles. The molecule has 0 heterocycles. The first-order valence-corrected chi connectivity index (χ1v) is 5.57. The molecule has 2 nitrogen and oxygen atoms in total. The highest BCUT2D eigenvalue weighted by Crippen LogP contribution is 2.14. The summed E-state index contributed by atoms with van der Waals surface area (Å²) in [7, 11) is 0. The maximum atomic E-state index is 8.82. The molecule has 1 aromatic rings. The lowest BCUT2D eigenvalue weighted by atomic mass is 10.1. The van der Waals surface area contributed by atoms with E-state index in [9.17, 15) is 0 Å². The zero-order valence-electron chi connectivity index (χ0n) is 9.83. The molecule has 0 bridgehead atoms. The maximum Gasteiger partial charge on any atom is 0.0445 e. The zero-order chi connectivity index (χ0) is 11.3. The van der Waals surface area contributed by atoms with Crippen LogP contribution in [0.15, 0.2) is 24.3 Å². The number of hydrogen-bond acceptors (Lipinski definition) is 2. The number of hydrogen-bond donors (Lipinski definition) is 2. The van der Waals surface area contributed by atoms with Gasteiger partial charge in [-0.15, -0.1) is 0 Å². The van der Waals surface area contributed by atoms with E-state index in [1.54, 1.807) is 0 Å². The average molecular weight is 207 g/mol. The molecular weight excluding hydrogens is 186 g/mol. The van der Waals surface area contributed by atoms with Crippen LogP contribution < -0.4 is 5.32 Å². The summed E-state index contributed by atoms with van der Waals surface area (Å²) in [5.41, 5.74) is 2.58. The van der Waals surface area contributed by atoms with Crippen LogP contribution in [-0.2, 0) is 0 Å². The molecule has 2 heteroatoms. The summed E-state index contributed by atoms with van der Waals surface area (Å²) >= 11 is 0. The summed E-state index contributed by atoms with van der Waals surface area (Å²) in [6, 6.07) is 9.25. The van der Waals surface area contributed by atoms with Crippen molar-refractivity contribution in [3.8, 4) is 0 Å². The normalized spacial score (nSPS) is 14.9. The first-order valence-electron chi connectivity index (χ1n) is 5.57. The summed E-state index contributed by atoms with van der Waals surface area (Å²) in [5, 5.41) is 12.3. The molecule has 1 aromatic carbocycles. The third-order valence-corrected chi connectivity index (χ3v) is 2.67. The molecule has 0 amide bonds. The quantitative estimate of drug-likeness (QED) is 0.777. The van der Waals surface area contributed by atoms with Crippen LogP contribution in [0.3, 0.4) is 0 Å². The van der Waals surface area contributed by atoms with E-state index >= 15 is 0 Å². The van der Waals surface area contributed by atoms with Crippen molar-refractivity contribution in [2.24, 2.45) is 0 Å². The molecule has 0 aromatic heterocycles. The predicted molar refractivity (Wildman–Crippen MR) is 63.9 cm³/mol. The fourth-order valence-corrected chi connectivity index (χ4v) is 1.66. The lowest BCUT2D eigenvalue weighted by Crippen LogP contribution is -2.29. The molecule has 0 saturated carbocycles. The largest absolute Gasteiger partial charge is 0.396 e. The van der Waals surface area contributed by atoms with E-state index < -0.39 is 0 Å². The average Bonchev–Trinajstić information content (AvgIpc) is 2.18. The van der Waals surface area contributed by atoms with Gasteiger partial charge in [0.2, 0.25) is 0 Å². The third kappa shape index (κ3) is 4.02. The monoisotopic (exact) mass is 207 g/mol. The molecule has 15 heavy (non-hydrogen) atoms. The van der Waals surface area contributed by atoms with Crippen LogP contribution in [0.1, 0.15) is 37.4 Å². The third-order valence-electron chi connectivity index (χ3n) is 2.67. The van der Waals surface area contributed by atoms with E-state index in [0.29, 0.717) is 12.1 Å². The number of aliphatic hydroxyl groups excluding tert-OH is 1. The maximum absolute atomic E-state index is 8.82. The van der Waals surface area contributed by atoms with Crippen LogP contribution in [0.2, 0.25) is 0 Å². The van der Waals surface area contributed by atoms with Gasteiger partial charge in [0.1, 0.15) is 0 Å². The summed E-state index contributed by atoms with van der Waals surface area (Å²) in [6.45, 7) is 6.59. The summed E-state index contributed by atoms with van der Waals surface area (Å²) < 4.78 is 0. The van der Waals surface area contributed by atoms with Crippen LogP contribution in [0, 0.1) is 6.92 Å². The minimum absolute atomic E-state index is 0.245. The van der Waals surface area contributed by atoms with Gasteiger partial charge in [0.15, 0.2) is 0 Å². The Labute approximate surface area is 92.3 Å². The Morgan fingerprint density at radius 1 is 1.20 bits per heavy atom. The Balaban J connectivity index is 2.53. The Kier molecular flexibility index (Phi) is 4.79. The zero-order valence-corrected chi connectivity index (χ0v) is 9.83. The molecule has 0 spiro atoms. The summed E-state index contributed by atoms with van der Waals surface area (Å²) in [4.78, 5) is 0. The van der Waals surface area contributed by atoms with Crippen molar-refractivity contribution in [1.82, 2.24) is 5.32 Å². The minimum atomic E-state index is 0.245. The fraction of sp³-hybridized carbons (Fsp3) is 0.538. The van der Waals surface area contributed by atoms with E-state index in [-0.39, 0.29) is 6.61 Å². The second-order valence-electron chi connectivity index (χ2n) is 4.21. The van der Waals surface area contributed by atoms with Crippen LogP contribution in [0.5, 0.6) is 0 Å². The molecule has 1 rings (SSSR count). The molecule has 2 N–H and O–H groups in total. The van der Waals surface area contributed by atoms with E-state index in [2.05, 4.69) is 50.4 Å². The Hall–Kier alpha value is -0.860. The minimum Gasteiger partial charge on any atom is -0.396 e. The molecule has 0 radical (unpaired) electrons. The first kappa shape index (κ1) is 12.2. The van der Waals surface area contributed by atoms with Crippen molar-refractivity contribution in [2.75, 3.05) is 6.61 Å². The van der Waals surface area contributed by atoms with Crippen molar-refractivity contribution in [2.45, 2.75) is 39.3 Å². The fourth-order valence-electron chi connectivity index (χ4n) is 1.66. The van der Waals surface area contributed by atoms with Crippen LogP contribution in [-0.4, -0.2) is 17.8 Å². The molecule has 84 valence electrons. The molecular formula is C13H21NO. The van der Waals surface area contributed by atoms with E-state index in [1.165, 1.54) is 11.1 Å². The van der Waals surface area contributed by atoms with Gasteiger partial charge in [0, 0.05) is 18.7 Å². The SMILES string of the molecule is Cc1ccc(C(C)NC(C)CCO)cc1. The van der Waals surface area contributed by atoms with Gasteiger partial charge in [-0.25, -0.2) is 0 Å². The van der Waals surface area contributed by atoms with Crippen molar-refractivity contribution < 1.29 is 5.11 Å². The molecule has 2 unspecified atom stereocenters. The van der Waals surface area contributed by atoms with Crippen molar-refractivity contribution in [1.29, 1.82) is 0 Å². The Morgan fingerprint density at radius 2 is 1.80 bits per heavy atom. The topological polar surface area (TPSA) is 32.3 Å². The van der Waals surface area contributed by atoms with Crippen LogP contribution >= 0.6 is 0 Å². The standard InChI is InChI=1S/C13H21NO/c1-10-4-6-13(7-5-10)12(3)14-11(2)8-9-15/h4-7,11-12,14-15H,8-9H2,1-3H3. The van der Waals surface area contributed by atoms with Gasteiger partial charge in [-0.1, -0.05) is 29.8 Å². The van der Waals surface area contributed by atoms with Crippen molar-refractivity contribution in [3.05, 3.63) is 35.4 Å². The van der Waals surface area contributed by atoms with Gasteiger partial charge in [0.25, 0.3) is 0 Å². The van der Waals surface area contributed by atoms with Gasteiger partial charge in [-0.3, -0.25) is 0 Å². The van der Waals surface area contributed by atoms with Gasteiger partial charge >= 0.3 is 0 Å².